The summed E-state index contributed by atoms with van der Waals surface area (Å²) in [5, 5.41) is 9.12. The van der Waals surface area contributed by atoms with Crippen molar-refractivity contribution in [2.75, 3.05) is 6.61 Å². The second-order valence-corrected chi connectivity index (χ2v) is 5.97. The van der Waals surface area contributed by atoms with Crippen LogP contribution in [0.25, 0.3) is 22.1 Å². The first-order chi connectivity index (χ1) is 11.1. The van der Waals surface area contributed by atoms with Crippen LogP contribution in [-0.4, -0.2) is 17.7 Å². The summed E-state index contributed by atoms with van der Waals surface area (Å²) in [5.41, 5.74) is 1.49. The van der Waals surface area contributed by atoms with Crippen LogP contribution >= 0.6 is 22.6 Å². The number of carbonyl (C=O) groups is 1. The van der Waals surface area contributed by atoms with Gasteiger partial charge in [0.05, 0.1) is 10.9 Å². The van der Waals surface area contributed by atoms with Crippen molar-refractivity contribution in [3.63, 3.8) is 0 Å². The summed E-state index contributed by atoms with van der Waals surface area (Å²) in [6, 6.07) is 12.4. The summed E-state index contributed by atoms with van der Waals surface area (Å²) >= 11 is 2.02. The maximum atomic E-state index is 12.7. The molecular weight excluding hydrogens is 411 g/mol. The van der Waals surface area contributed by atoms with Gasteiger partial charge in [0.2, 0.25) is 5.43 Å². The van der Waals surface area contributed by atoms with Crippen molar-refractivity contribution in [3.8, 4) is 16.9 Å². The van der Waals surface area contributed by atoms with Crippen LogP contribution in [0.5, 0.6) is 5.75 Å². The average molecular weight is 422 g/mol. The van der Waals surface area contributed by atoms with E-state index in [9.17, 15) is 9.59 Å². The molecule has 0 saturated heterocycles. The van der Waals surface area contributed by atoms with Crippen LogP contribution in [0.3, 0.4) is 0 Å². The van der Waals surface area contributed by atoms with Gasteiger partial charge in [-0.3, -0.25) is 4.79 Å². The van der Waals surface area contributed by atoms with Crippen LogP contribution in [0.1, 0.15) is 0 Å². The largest absolute Gasteiger partial charge is 0.482 e. The standard InChI is InChI=1S/C17H11IO5/c18-13-6-11(22-9-15(19)20)7-14-16(13)17(21)12(8-23-14)10-4-2-1-3-5-10/h1-8H,9H2,(H,19,20). The average Bonchev–Trinajstić information content (AvgIpc) is 2.53. The predicted molar refractivity (Wildman–Crippen MR) is 93.8 cm³/mol. The minimum atomic E-state index is -1.07. The van der Waals surface area contributed by atoms with E-state index in [1.54, 1.807) is 6.07 Å². The van der Waals surface area contributed by atoms with Crippen LogP contribution in [-0.2, 0) is 4.79 Å². The Bertz CT molecular complexity index is 931. The summed E-state index contributed by atoms with van der Waals surface area (Å²) in [4.78, 5) is 23.3. The first kappa shape index (κ1) is 15.5. The number of ether oxygens (including phenoxy) is 1. The van der Waals surface area contributed by atoms with Crippen molar-refractivity contribution in [2.24, 2.45) is 0 Å². The van der Waals surface area contributed by atoms with Crippen molar-refractivity contribution in [1.29, 1.82) is 0 Å². The Labute approximate surface area is 144 Å². The Balaban J connectivity index is 2.12. The van der Waals surface area contributed by atoms with Crippen LogP contribution in [0, 0.1) is 3.57 Å². The first-order valence-electron chi connectivity index (χ1n) is 6.71. The van der Waals surface area contributed by atoms with Gasteiger partial charge < -0.3 is 14.3 Å². The molecule has 0 fully saturated rings. The van der Waals surface area contributed by atoms with E-state index < -0.39 is 12.6 Å². The van der Waals surface area contributed by atoms with Gasteiger partial charge in [0, 0.05) is 9.64 Å². The van der Waals surface area contributed by atoms with E-state index in [4.69, 9.17) is 14.3 Å². The zero-order chi connectivity index (χ0) is 16.4. The molecule has 1 aromatic heterocycles. The molecule has 0 bridgehead atoms. The molecule has 0 unspecified atom stereocenters. The number of rotatable bonds is 4. The molecule has 1 heterocycles. The summed E-state index contributed by atoms with van der Waals surface area (Å²) in [7, 11) is 0. The van der Waals surface area contributed by atoms with Crippen molar-refractivity contribution in [1.82, 2.24) is 0 Å². The quantitative estimate of drug-likeness (QED) is 0.652. The van der Waals surface area contributed by atoms with E-state index in [0.29, 0.717) is 25.9 Å². The predicted octanol–water partition coefficient (Wildman–Crippen LogP) is 3.53. The van der Waals surface area contributed by atoms with E-state index in [1.807, 2.05) is 52.9 Å². The summed E-state index contributed by atoms with van der Waals surface area (Å²) in [6.45, 7) is -0.450. The Hall–Kier alpha value is -2.35. The smallest absolute Gasteiger partial charge is 0.341 e. The number of carboxylic acid groups (broad SMARTS) is 1. The fourth-order valence-corrected chi connectivity index (χ4v) is 3.04. The van der Waals surface area contributed by atoms with Crippen molar-refractivity contribution < 1.29 is 19.1 Å². The number of aliphatic carboxylic acids is 1. The third-order valence-electron chi connectivity index (χ3n) is 3.25. The van der Waals surface area contributed by atoms with Gasteiger partial charge in [0.1, 0.15) is 17.6 Å². The maximum Gasteiger partial charge on any atom is 0.341 e. The monoisotopic (exact) mass is 422 g/mol. The van der Waals surface area contributed by atoms with Gasteiger partial charge in [-0.15, -0.1) is 0 Å². The minimum absolute atomic E-state index is 0.133. The highest BCUT2D eigenvalue weighted by atomic mass is 127. The number of benzene rings is 2. The SMILES string of the molecule is O=C(O)COc1cc(I)c2c(=O)c(-c3ccccc3)coc2c1. The third-order valence-corrected chi connectivity index (χ3v) is 4.10. The Morgan fingerprint density at radius 3 is 2.65 bits per heavy atom. The maximum absolute atomic E-state index is 12.7. The fourth-order valence-electron chi connectivity index (χ4n) is 2.23. The summed E-state index contributed by atoms with van der Waals surface area (Å²) in [6.07, 6.45) is 1.41. The molecule has 1 N–H and O–H groups in total. The second kappa shape index (κ2) is 6.41. The molecule has 116 valence electrons. The van der Waals surface area contributed by atoms with Crippen molar-refractivity contribution >= 4 is 39.5 Å². The van der Waals surface area contributed by atoms with Gasteiger partial charge in [-0.1, -0.05) is 30.3 Å². The molecule has 0 aliphatic carbocycles. The molecule has 0 atom stereocenters. The van der Waals surface area contributed by atoms with Gasteiger partial charge in [0.25, 0.3) is 0 Å². The molecule has 2 aromatic carbocycles. The molecule has 3 aromatic rings. The number of hydrogen-bond donors (Lipinski definition) is 1. The highest BCUT2D eigenvalue weighted by Gasteiger charge is 2.13. The molecule has 3 rings (SSSR count). The number of hydrogen-bond acceptors (Lipinski definition) is 4. The van der Waals surface area contributed by atoms with Gasteiger partial charge in [0.15, 0.2) is 6.61 Å². The Morgan fingerprint density at radius 2 is 1.96 bits per heavy atom. The normalized spacial score (nSPS) is 10.7. The fraction of sp³-hybridized carbons (Fsp3) is 0.0588. The van der Waals surface area contributed by atoms with Gasteiger partial charge in [-0.2, -0.15) is 0 Å². The molecule has 6 heteroatoms. The lowest BCUT2D eigenvalue weighted by molar-refractivity contribution is -0.139. The minimum Gasteiger partial charge on any atom is -0.482 e. The van der Waals surface area contributed by atoms with Crippen LogP contribution in [0.4, 0.5) is 0 Å². The molecule has 0 aliphatic heterocycles. The third kappa shape index (κ3) is 3.21. The van der Waals surface area contributed by atoms with Crippen molar-refractivity contribution in [2.45, 2.75) is 0 Å². The molecule has 0 radical (unpaired) electrons. The topological polar surface area (TPSA) is 76.7 Å². The van der Waals surface area contributed by atoms with Crippen LogP contribution < -0.4 is 10.2 Å². The summed E-state index contributed by atoms with van der Waals surface area (Å²) < 4.78 is 11.4. The van der Waals surface area contributed by atoms with Crippen LogP contribution in [0.15, 0.2) is 57.9 Å². The molecule has 23 heavy (non-hydrogen) atoms. The highest BCUT2D eigenvalue weighted by molar-refractivity contribution is 14.1. The lowest BCUT2D eigenvalue weighted by Gasteiger charge is -2.08. The molecular formula is C17H11IO5. The molecule has 0 aliphatic rings. The molecule has 0 amide bonds. The highest BCUT2D eigenvalue weighted by Crippen LogP contribution is 2.27. The Morgan fingerprint density at radius 1 is 1.22 bits per heavy atom. The van der Waals surface area contributed by atoms with Crippen molar-refractivity contribution in [3.05, 3.63) is 62.5 Å². The zero-order valence-electron chi connectivity index (χ0n) is 11.8. The first-order valence-corrected chi connectivity index (χ1v) is 7.79. The van der Waals surface area contributed by atoms with E-state index in [-0.39, 0.29) is 5.43 Å². The molecule has 0 spiro atoms. The van der Waals surface area contributed by atoms with E-state index >= 15 is 0 Å². The summed E-state index contributed by atoms with van der Waals surface area (Å²) in [5.74, 6) is -0.721. The van der Waals surface area contributed by atoms with Gasteiger partial charge in [-0.25, -0.2) is 4.79 Å². The zero-order valence-corrected chi connectivity index (χ0v) is 13.9. The molecule has 5 nitrogen and oxygen atoms in total. The van der Waals surface area contributed by atoms with Gasteiger partial charge >= 0.3 is 5.97 Å². The van der Waals surface area contributed by atoms with Gasteiger partial charge in [-0.05, 0) is 34.2 Å². The number of halogens is 1. The van der Waals surface area contributed by atoms with E-state index in [0.717, 1.165) is 5.56 Å². The van der Waals surface area contributed by atoms with Crippen LogP contribution in [0.2, 0.25) is 0 Å². The lowest BCUT2D eigenvalue weighted by Crippen LogP contribution is -2.10. The van der Waals surface area contributed by atoms with E-state index in [1.165, 1.54) is 12.3 Å². The number of carboxylic acids is 1. The molecule has 0 saturated carbocycles. The second-order valence-electron chi connectivity index (χ2n) is 4.81. The lowest BCUT2D eigenvalue weighted by atomic mass is 10.1. The number of fused-ring (bicyclic) bond motifs is 1. The Kier molecular flexibility index (Phi) is 4.33. The van der Waals surface area contributed by atoms with E-state index in [2.05, 4.69) is 0 Å².